The van der Waals surface area contributed by atoms with E-state index in [9.17, 15) is 27.9 Å². The number of carbonyl (C=O) groups is 1. The lowest BCUT2D eigenvalue weighted by molar-refractivity contribution is -0.207. The zero-order valence-corrected chi connectivity index (χ0v) is 19.3. The van der Waals surface area contributed by atoms with Crippen LogP contribution in [0.2, 0.25) is 5.02 Å². The van der Waals surface area contributed by atoms with Crippen molar-refractivity contribution in [3.8, 4) is 17.2 Å². The SMILES string of the molecule is Cc1cccnc1-n1nc(Cn2nc(-c3ccc(Cl)cc3)n(C[C@H](O)C(F)(F)F)c2=O)nc1C(N)=O. The van der Waals surface area contributed by atoms with Gasteiger partial charge in [0, 0.05) is 16.8 Å². The predicted octanol–water partition coefficient (Wildman–Crippen LogP) is 1.72. The maximum absolute atomic E-state index is 13.0. The molecule has 11 nitrogen and oxygen atoms in total. The summed E-state index contributed by atoms with van der Waals surface area (Å²) in [5, 5.41) is 18.3. The van der Waals surface area contributed by atoms with Crippen molar-refractivity contribution in [3.63, 3.8) is 0 Å². The van der Waals surface area contributed by atoms with Gasteiger partial charge in [0.2, 0.25) is 5.82 Å². The molecule has 0 saturated heterocycles. The molecule has 4 rings (SSSR count). The number of rotatable bonds is 7. The van der Waals surface area contributed by atoms with E-state index in [1.807, 2.05) is 0 Å². The van der Waals surface area contributed by atoms with Gasteiger partial charge in [-0.2, -0.15) is 17.9 Å². The molecule has 1 aromatic carbocycles. The second-order valence-electron chi connectivity index (χ2n) is 7.71. The standard InChI is InChI=1S/C21H18ClF3N8O3/c1-11-3-2-8-27-17(11)33-19(16(26)35)28-15(29-33)10-32-20(36)31(9-14(34)21(23,24)25)18(30-32)12-4-6-13(22)7-5-12/h2-8,14,34H,9-10H2,1H3,(H2,26,35)/t14-/m0/s1. The molecule has 0 radical (unpaired) electrons. The summed E-state index contributed by atoms with van der Waals surface area (Å²) in [6.07, 6.45) is -6.30. The van der Waals surface area contributed by atoms with Gasteiger partial charge in [0.05, 0.1) is 6.54 Å². The number of hydrogen-bond donors (Lipinski definition) is 2. The van der Waals surface area contributed by atoms with Crippen molar-refractivity contribution in [2.45, 2.75) is 32.3 Å². The first-order valence-electron chi connectivity index (χ1n) is 10.3. The van der Waals surface area contributed by atoms with Gasteiger partial charge in [-0.15, -0.1) is 10.2 Å². The summed E-state index contributed by atoms with van der Waals surface area (Å²) < 4.78 is 41.8. The second kappa shape index (κ2) is 9.54. The van der Waals surface area contributed by atoms with Crippen molar-refractivity contribution in [2.24, 2.45) is 5.73 Å². The van der Waals surface area contributed by atoms with Gasteiger partial charge in [0.15, 0.2) is 23.6 Å². The summed E-state index contributed by atoms with van der Waals surface area (Å²) in [5.41, 5.74) is 5.40. The number of alkyl halides is 3. The van der Waals surface area contributed by atoms with Crippen molar-refractivity contribution in [2.75, 3.05) is 0 Å². The minimum atomic E-state index is -4.96. The third kappa shape index (κ3) is 4.99. The summed E-state index contributed by atoms with van der Waals surface area (Å²) in [6.45, 7) is 0.223. The number of benzene rings is 1. The summed E-state index contributed by atoms with van der Waals surface area (Å²) in [6, 6.07) is 9.29. The minimum absolute atomic E-state index is 0.0698. The van der Waals surface area contributed by atoms with E-state index in [0.717, 1.165) is 9.36 Å². The van der Waals surface area contributed by atoms with Gasteiger partial charge in [-0.1, -0.05) is 17.7 Å². The quantitative estimate of drug-likeness (QED) is 0.375. The lowest BCUT2D eigenvalue weighted by atomic mass is 10.2. The molecular weight excluding hydrogens is 505 g/mol. The lowest BCUT2D eigenvalue weighted by Gasteiger charge is -2.15. The van der Waals surface area contributed by atoms with Crippen molar-refractivity contribution in [3.05, 3.63) is 75.3 Å². The lowest BCUT2D eigenvalue weighted by Crippen LogP contribution is -2.37. The Bertz CT molecular complexity index is 1480. The molecular formula is C21H18ClF3N8O3. The number of primary amides is 1. The van der Waals surface area contributed by atoms with Gasteiger partial charge in [0.1, 0.15) is 6.54 Å². The Balaban J connectivity index is 1.78. The molecule has 0 aliphatic heterocycles. The molecule has 3 N–H and O–H groups in total. The van der Waals surface area contributed by atoms with E-state index >= 15 is 0 Å². The average Bonchev–Trinajstić information content (AvgIpc) is 3.36. The number of aliphatic hydroxyl groups excluding tert-OH is 1. The number of pyridine rings is 1. The summed E-state index contributed by atoms with van der Waals surface area (Å²) in [5.74, 6) is -1.11. The van der Waals surface area contributed by atoms with Crippen LogP contribution in [0, 0.1) is 6.92 Å². The molecule has 15 heteroatoms. The molecule has 188 valence electrons. The average molecular weight is 523 g/mol. The molecule has 3 aromatic heterocycles. The van der Waals surface area contributed by atoms with E-state index in [2.05, 4.69) is 20.2 Å². The monoisotopic (exact) mass is 522 g/mol. The van der Waals surface area contributed by atoms with Crippen LogP contribution in [-0.2, 0) is 13.1 Å². The Morgan fingerprint density at radius 1 is 1.19 bits per heavy atom. The fourth-order valence-corrected chi connectivity index (χ4v) is 3.49. The summed E-state index contributed by atoms with van der Waals surface area (Å²) >= 11 is 5.89. The van der Waals surface area contributed by atoms with Crippen LogP contribution in [0.15, 0.2) is 47.4 Å². The maximum Gasteiger partial charge on any atom is 0.416 e. The van der Waals surface area contributed by atoms with Gasteiger partial charge in [-0.3, -0.25) is 9.36 Å². The van der Waals surface area contributed by atoms with Crippen LogP contribution < -0.4 is 11.4 Å². The van der Waals surface area contributed by atoms with Crippen molar-refractivity contribution >= 4 is 17.5 Å². The van der Waals surface area contributed by atoms with Crippen LogP contribution in [0.25, 0.3) is 17.2 Å². The topological polar surface area (TPSA) is 147 Å². The number of nitrogens with zero attached hydrogens (tertiary/aromatic N) is 7. The van der Waals surface area contributed by atoms with E-state index in [4.69, 9.17) is 17.3 Å². The van der Waals surface area contributed by atoms with Crippen LogP contribution in [-0.4, -0.2) is 57.4 Å². The van der Waals surface area contributed by atoms with Gasteiger partial charge >= 0.3 is 11.9 Å². The smallest absolute Gasteiger partial charge is 0.382 e. The molecule has 0 unspecified atom stereocenters. The van der Waals surface area contributed by atoms with E-state index < -0.39 is 37.0 Å². The molecule has 36 heavy (non-hydrogen) atoms. The Morgan fingerprint density at radius 2 is 1.89 bits per heavy atom. The molecule has 3 heterocycles. The number of aryl methyl sites for hydroxylation is 1. The van der Waals surface area contributed by atoms with E-state index in [0.29, 0.717) is 15.2 Å². The Labute approximate surface area is 205 Å². The fraction of sp³-hybridized carbons (Fsp3) is 0.238. The van der Waals surface area contributed by atoms with Gasteiger partial charge in [-0.25, -0.2) is 19.4 Å². The van der Waals surface area contributed by atoms with Crippen LogP contribution in [0.1, 0.15) is 22.0 Å². The van der Waals surface area contributed by atoms with E-state index in [1.165, 1.54) is 30.5 Å². The Hall–Kier alpha value is -4.04. The first-order valence-corrected chi connectivity index (χ1v) is 10.7. The van der Waals surface area contributed by atoms with E-state index in [-0.39, 0.29) is 28.9 Å². The number of aliphatic hydroxyl groups is 1. The van der Waals surface area contributed by atoms with Crippen LogP contribution in [0.3, 0.4) is 0 Å². The minimum Gasteiger partial charge on any atom is -0.382 e. The van der Waals surface area contributed by atoms with Crippen LogP contribution in [0.4, 0.5) is 13.2 Å². The molecule has 0 saturated carbocycles. The number of nitrogens with two attached hydrogens (primary N) is 1. The fourth-order valence-electron chi connectivity index (χ4n) is 3.36. The van der Waals surface area contributed by atoms with Crippen molar-refractivity contribution < 1.29 is 23.1 Å². The summed E-state index contributed by atoms with van der Waals surface area (Å²) in [7, 11) is 0. The predicted molar refractivity (Wildman–Crippen MR) is 121 cm³/mol. The number of carbonyl (C=O) groups excluding carboxylic acids is 1. The molecule has 4 aromatic rings. The van der Waals surface area contributed by atoms with Gasteiger partial charge in [-0.05, 0) is 42.8 Å². The van der Waals surface area contributed by atoms with E-state index in [1.54, 1.807) is 19.1 Å². The Kier molecular flexibility index (Phi) is 6.65. The molecule has 0 fully saturated rings. The normalized spacial score (nSPS) is 12.6. The zero-order valence-electron chi connectivity index (χ0n) is 18.5. The third-order valence-corrected chi connectivity index (χ3v) is 5.36. The van der Waals surface area contributed by atoms with Gasteiger partial charge in [0.25, 0.3) is 5.91 Å². The molecule has 1 atom stereocenters. The maximum atomic E-state index is 13.0. The molecule has 0 aliphatic carbocycles. The highest BCUT2D eigenvalue weighted by Crippen LogP contribution is 2.24. The van der Waals surface area contributed by atoms with Gasteiger partial charge < -0.3 is 10.8 Å². The highest BCUT2D eigenvalue weighted by atomic mass is 35.5. The van der Waals surface area contributed by atoms with Crippen LogP contribution in [0.5, 0.6) is 0 Å². The number of hydrogen-bond acceptors (Lipinski definition) is 7. The van der Waals surface area contributed by atoms with Crippen molar-refractivity contribution in [1.82, 2.24) is 34.1 Å². The summed E-state index contributed by atoms with van der Waals surface area (Å²) in [4.78, 5) is 33.2. The second-order valence-corrected chi connectivity index (χ2v) is 8.15. The molecule has 0 bridgehead atoms. The first kappa shape index (κ1) is 25.1. The zero-order chi connectivity index (χ0) is 26.2. The van der Waals surface area contributed by atoms with Crippen molar-refractivity contribution in [1.29, 1.82) is 0 Å². The molecule has 0 spiro atoms. The number of aromatic nitrogens is 7. The largest absolute Gasteiger partial charge is 0.416 e. The third-order valence-electron chi connectivity index (χ3n) is 5.10. The van der Waals surface area contributed by atoms with Crippen LogP contribution >= 0.6 is 11.6 Å². The number of amides is 1. The molecule has 1 amide bonds. The Morgan fingerprint density at radius 3 is 2.50 bits per heavy atom. The highest BCUT2D eigenvalue weighted by molar-refractivity contribution is 6.30. The highest BCUT2D eigenvalue weighted by Gasteiger charge is 2.39. The molecule has 0 aliphatic rings. The number of halogens is 4. The first-order chi connectivity index (χ1) is 17.0.